The number of nitrogens with one attached hydrogen (secondary N) is 1. The van der Waals surface area contributed by atoms with Gasteiger partial charge in [-0.3, -0.25) is 43.4 Å². The number of ketones is 1. The maximum atomic E-state index is 14.8. The number of amides is 6. The maximum absolute atomic E-state index is 14.8. The third kappa shape index (κ3) is 17.6. The van der Waals surface area contributed by atoms with E-state index in [1.165, 1.54) is 31.3 Å². The maximum Gasteiger partial charge on any atom is 0.328 e. The minimum Gasteiger partial charge on any atom is -0.467 e. The number of Topliss-reactive ketones (excluding diaryl/α,β-unsaturated/α-hetero) is 1. The van der Waals surface area contributed by atoms with Crippen molar-refractivity contribution in [2.45, 2.75) is 155 Å². The summed E-state index contributed by atoms with van der Waals surface area (Å²) in [5.41, 5.74) is 2.69. The summed E-state index contributed by atoms with van der Waals surface area (Å²) in [6.45, 7) is 15.2. The first-order valence-electron chi connectivity index (χ1n) is 27.8. The highest BCUT2D eigenvalue weighted by molar-refractivity contribution is 6.12. The minimum atomic E-state index is -0.915. The molecule has 9 atom stereocenters. The largest absolute Gasteiger partial charge is 0.467 e. The number of imide groups is 1. The number of anilines is 1. The number of rotatable bonds is 32. The number of hydrogen-bond acceptors (Lipinski definition) is 12. The molecule has 0 bridgehead atoms. The number of methoxy groups -OCH3 is 3. The molecule has 0 radical (unpaired) electrons. The molecule has 2 heterocycles. The summed E-state index contributed by atoms with van der Waals surface area (Å²) < 4.78 is 17.2. The highest BCUT2D eigenvalue weighted by Gasteiger charge is 2.44. The number of likely N-dealkylation sites (tertiary alicyclic amines) is 1. The first-order chi connectivity index (χ1) is 36.6. The van der Waals surface area contributed by atoms with E-state index in [4.69, 9.17) is 14.2 Å². The number of carbonyl (C=O) groups is 8. The summed E-state index contributed by atoms with van der Waals surface area (Å²) in [6, 6.07) is 14.9. The number of likely N-dealkylation sites (N-methyl/N-ethyl adjacent to an activating group) is 2. The van der Waals surface area contributed by atoms with Gasteiger partial charge in [-0.05, 0) is 80.2 Å². The Labute approximate surface area is 458 Å². The van der Waals surface area contributed by atoms with E-state index in [1.54, 1.807) is 42.8 Å². The molecule has 77 heavy (non-hydrogen) atoms. The zero-order chi connectivity index (χ0) is 57.1. The van der Waals surface area contributed by atoms with Crippen molar-refractivity contribution in [1.29, 1.82) is 0 Å². The summed E-state index contributed by atoms with van der Waals surface area (Å²) in [5, 5.41) is 2.87. The summed E-state index contributed by atoms with van der Waals surface area (Å²) in [5.74, 6) is -3.55. The Kier molecular flexibility index (Phi) is 25.6. The van der Waals surface area contributed by atoms with Gasteiger partial charge in [0, 0.05) is 91.0 Å². The van der Waals surface area contributed by atoms with Gasteiger partial charge >= 0.3 is 5.97 Å². The Bertz CT molecular complexity index is 2290. The van der Waals surface area contributed by atoms with Crippen molar-refractivity contribution >= 4 is 52.9 Å². The van der Waals surface area contributed by atoms with Crippen molar-refractivity contribution in [1.82, 2.24) is 24.9 Å². The van der Waals surface area contributed by atoms with Crippen LogP contribution in [0.15, 0.2) is 66.7 Å². The second-order valence-corrected chi connectivity index (χ2v) is 21.9. The number of hydrogen-bond donors (Lipinski definition) is 1. The Morgan fingerprint density at radius 3 is 2.00 bits per heavy atom. The molecule has 0 spiro atoms. The van der Waals surface area contributed by atoms with Crippen LogP contribution in [0.1, 0.15) is 117 Å². The number of esters is 1. The van der Waals surface area contributed by atoms with Crippen LogP contribution in [0.5, 0.6) is 0 Å². The second kappa shape index (κ2) is 31.0. The van der Waals surface area contributed by atoms with Gasteiger partial charge in [0.2, 0.25) is 23.6 Å². The van der Waals surface area contributed by atoms with Crippen molar-refractivity contribution in [2.24, 2.45) is 29.6 Å². The molecule has 2 aromatic rings. The predicted molar refractivity (Wildman–Crippen MR) is 297 cm³/mol. The van der Waals surface area contributed by atoms with E-state index in [0.29, 0.717) is 64.6 Å². The topological polar surface area (TPSA) is 192 Å². The van der Waals surface area contributed by atoms with E-state index >= 15 is 0 Å². The highest BCUT2D eigenvalue weighted by atomic mass is 16.5. The lowest BCUT2D eigenvalue weighted by Gasteiger charge is -2.41. The molecule has 17 nitrogen and oxygen atoms in total. The third-order valence-corrected chi connectivity index (χ3v) is 15.9. The lowest BCUT2D eigenvalue weighted by Crippen LogP contribution is -2.55. The monoisotopic (exact) mass is 1070 g/mol. The quantitative estimate of drug-likeness (QED) is 0.0465. The first-order valence-corrected chi connectivity index (χ1v) is 27.8. The van der Waals surface area contributed by atoms with Crippen molar-refractivity contribution in [3.8, 4) is 0 Å². The van der Waals surface area contributed by atoms with E-state index in [9.17, 15) is 38.4 Å². The SMILES string of the molecule is CC[C@H](C)[C@@H]([C@@H](CC(=O)N1CCC[C@H]1[C@H](OC)[C@@H](C)C(=O)N[C@@H](Cc1ccccc1)C(=O)OC)OC)N(C)C(=O)[C@@H](CC(=O)[C@H](C(C)C)N(C)CCc1ccc(N(C)C(=O)CCCCCN2C(=O)C=CC2=O)cc1)C(C)C. The average molecular weight is 1070 g/mol. The zero-order valence-electron chi connectivity index (χ0n) is 48.3. The van der Waals surface area contributed by atoms with Crippen molar-refractivity contribution in [2.75, 3.05) is 67.0 Å². The van der Waals surface area contributed by atoms with Gasteiger partial charge in [0.1, 0.15) is 6.04 Å². The summed E-state index contributed by atoms with van der Waals surface area (Å²) in [7, 11) is 9.82. The van der Waals surface area contributed by atoms with Gasteiger partial charge in [-0.2, -0.15) is 0 Å². The molecule has 2 aliphatic heterocycles. The van der Waals surface area contributed by atoms with E-state index in [0.717, 1.165) is 23.2 Å². The highest BCUT2D eigenvalue weighted by Crippen LogP contribution is 2.31. The van der Waals surface area contributed by atoms with Gasteiger partial charge < -0.3 is 34.2 Å². The summed E-state index contributed by atoms with van der Waals surface area (Å²) in [6.07, 6.45) is 6.52. The average Bonchev–Trinajstić information content (AvgIpc) is 4.03. The molecule has 1 fully saturated rings. The third-order valence-electron chi connectivity index (χ3n) is 15.9. The van der Waals surface area contributed by atoms with Crippen LogP contribution in [-0.2, 0) is 65.4 Å². The van der Waals surface area contributed by atoms with E-state index in [2.05, 4.69) is 10.2 Å². The number of unbranched alkanes of at least 4 members (excludes halogenated alkanes) is 2. The summed E-state index contributed by atoms with van der Waals surface area (Å²) >= 11 is 0. The number of nitrogens with zero attached hydrogens (tertiary/aromatic N) is 5. The van der Waals surface area contributed by atoms with Crippen LogP contribution in [0.3, 0.4) is 0 Å². The van der Waals surface area contributed by atoms with Gasteiger partial charge in [-0.25, -0.2) is 4.79 Å². The molecule has 0 saturated carbocycles. The van der Waals surface area contributed by atoms with E-state index < -0.39 is 60.1 Å². The second-order valence-electron chi connectivity index (χ2n) is 21.9. The number of carbonyl (C=O) groups excluding carboxylic acids is 8. The van der Waals surface area contributed by atoms with Crippen LogP contribution in [-0.4, -0.2) is 165 Å². The lowest BCUT2D eigenvalue weighted by atomic mass is 9.83. The fourth-order valence-corrected chi connectivity index (χ4v) is 11.1. The van der Waals surface area contributed by atoms with Crippen LogP contribution in [0.4, 0.5) is 5.69 Å². The van der Waals surface area contributed by atoms with Gasteiger partial charge in [-0.1, -0.05) is 104 Å². The number of benzene rings is 2. The Morgan fingerprint density at radius 1 is 0.779 bits per heavy atom. The van der Waals surface area contributed by atoms with Crippen molar-refractivity contribution in [3.05, 3.63) is 77.9 Å². The predicted octanol–water partition coefficient (Wildman–Crippen LogP) is 6.69. The van der Waals surface area contributed by atoms with Crippen LogP contribution in [0.25, 0.3) is 0 Å². The van der Waals surface area contributed by atoms with E-state index in [-0.39, 0.29) is 72.3 Å². The molecule has 17 heteroatoms. The molecular weight excluding hydrogens is 981 g/mol. The fraction of sp³-hybridized carbons (Fsp3) is 0.633. The van der Waals surface area contributed by atoms with Gasteiger partial charge in [-0.15, -0.1) is 0 Å². The van der Waals surface area contributed by atoms with Gasteiger partial charge in [0.25, 0.3) is 11.8 Å². The van der Waals surface area contributed by atoms with Crippen molar-refractivity contribution in [3.63, 3.8) is 0 Å². The van der Waals surface area contributed by atoms with Crippen LogP contribution in [0.2, 0.25) is 0 Å². The first kappa shape index (κ1) is 63.8. The molecule has 0 aliphatic carbocycles. The molecule has 1 saturated heterocycles. The Balaban J connectivity index is 1.37. The Hall–Kier alpha value is -5.78. The fourth-order valence-electron chi connectivity index (χ4n) is 11.1. The normalized spacial score (nSPS) is 17.7. The smallest absolute Gasteiger partial charge is 0.328 e. The standard InChI is InChI=1S/C60H90N6O11/c1-14-41(6)56(50(75-11)38-54(71)65-34-21-24-48(65)57(76-12)42(7)58(72)61-47(60(74)77-13)36-44-22-17-15-18-23-44)64(10)59(73)46(39(2)3)37-49(67)55(40(4)5)62(8)35-32-43-26-28-45(29-27-43)63(9)51(68)25-19-16-20-33-66-52(69)30-31-53(66)70/h15,17-18,22-23,26-31,39-42,46-48,50,55-57H,14,16,19-21,24-25,32-38H2,1-13H3,(H,61,72)/t41-,42+,46-,47-,48-,50+,55-,56-,57+/m0/s1. The van der Waals surface area contributed by atoms with Crippen LogP contribution in [0, 0.1) is 29.6 Å². The summed E-state index contributed by atoms with van der Waals surface area (Å²) in [4.78, 5) is 115. The van der Waals surface area contributed by atoms with Gasteiger partial charge in [0.15, 0.2) is 5.78 Å². The molecule has 4 rings (SSSR count). The molecule has 0 aromatic heterocycles. The molecule has 1 N–H and O–H groups in total. The molecule has 6 amide bonds. The van der Waals surface area contributed by atoms with Crippen molar-refractivity contribution < 1.29 is 52.6 Å². The zero-order valence-corrected chi connectivity index (χ0v) is 48.3. The van der Waals surface area contributed by atoms with Crippen LogP contribution >= 0.6 is 0 Å². The van der Waals surface area contributed by atoms with E-state index in [1.807, 2.05) is 103 Å². The molecular formula is C60H90N6O11. The van der Waals surface area contributed by atoms with Gasteiger partial charge in [0.05, 0.1) is 49.8 Å². The number of ether oxygens (including phenoxy) is 3. The molecule has 426 valence electrons. The van der Waals surface area contributed by atoms with Crippen LogP contribution < -0.4 is 10.2 Å². The lowest BCUT2D eigenvalue weighted by molar-refractivity contribution is -0.150. The molecule has 2 aliphatic rings. The Morgan fingerprint density at radius 2 is 1.43 bits per heavy atom. The molecule has 2 aromatic carbocycles. The minimum absolute atomic E-state index is 0.0141. The molecule has 0 unspecified atom stereocenters.